The van der Waals surface area contributed by atoms with Crippen molar-refractivity contribution in [3.63, 3.8) is 0 Å². The van der Waals surface area contributed by atoms with Crippen LogP contribution in [0.25, 0.3) is 0 Å². The highest BCUT2D eigenvalue weighted by Gasteiger charge is 2.35. The van der Waals surface area contributed by atoms with Crippen LogP contribution in [0, 0.1) is 0 Å². The second-order valence-corrected chi connectivity index (χ2v) is 8.77. The third-order valence-corrected chi connectivity index (χ3v) is 6.05. The molecule has 2 amide bonds. The Bertz CT molecular complexity index is 1230. The number of hydrogen-bond donors (Lipinski definition) is 2. The van der Waals surface area contributed by atoms with Crippen molar-refractivity contribution in [2.75, 3.05) is 5.32 Å². The van der Waals surface area contributed by atoms with Gasteiger partial charge in [-0.1, -0.05) is 54.2 Å². The normalized spacial score (nSPS) is 16.7. The number of benzene rings is 3. The van der Waals surface area contributed by atoms with E-state index in [1.807, 2.05) is 30.3 Å². The summed E-state index contributed by atoms with van der Waals surface area (Å²) in [5.41, 5.74) is 0.315. The first-order chi connectivity index (χ1) is 16.8. The minimum Gasteiger partial charge on any atom is -0.489 e. The third-order valence-electron chi connectivity index (χ3n) is 4.97. The first-order valence-electron chi connectivity index (χ1n) is 10.6. The summed E-state index contributed by atoms with van der Waals surface area (Å²) in [6, 6.07) is 21.4. The number of para-hydroxylation sites is 1. The highest BCUT2D eigenvalue weighted by molar-refractivity contribution is 8.15. The maximum atomic E-state index is 13.1. The largest absolute Gasteiger partial charge is 0.489 e. The minimum atomic E-state index is -4.61. The van der Waals surface area contributed by atoms with Crippen molar-refractivity contribution in [2.24, 2.45) is 4.99 Å². The molecule has 35 heavy (non-hydrogen) atoms. The van der Waals surface area contributed by atoms with E-state index < -0.39 is 28.8 Å². The lowest BCUT2D eigenvalue weighted by molar-refractivity contribution is -0.137. The molecule has 6 nitrogen and oxygen atoms in total. The maximum absolute atomic E-state index is 13.1. The van der Waals surface area contributed by atoms with Crippen molar-refractivity contribution in [3.05, 3.63) is 90.0 Å². The van der Waals surface area contributed by atoms with Gasteiger partial charge < -0.3 is 15.4 Å². The zero-order valence-electron chi connectivity index (χ0n) is 18.2. The molecule has 0 aromatic heterocycles. The molecule has 0 saturated carbocycles. The Hall–Kier alpha value is -3.79. The van der Waals surface area contributed by atoms with Gasteiger partial charge in [-0.3, -0.25) is 9.59 Å². The molecule has 0 bridgehead atoms. The van der Waals surface area contributed by atoms with E-state index in [4.69, 9.17) is 4.74 Å². The predicted molar refractivity (Wildman–Crippen MR) is 129 cm³/mol. The minimum absolute atomic E-state index is 0.298. The van der Waals surface area contributed by atoms with Gasteiger partial charge >= 0.3 is 6.18 Å². The summed E-state index contributed by atoms with van der Waals surface area (Å²) < 4.78 is 45.1. The number of nitrogens with zero attached hydrogens (tertiary/aromatic N) is 1. The number of anilines is 1. The van der Waals surface area contributed by atoms with Gasteiger partial charge in [-0.05, 0) is 42.0 Å². The zero-order valence-corrected chi connectivity index (χ0v) is 19.0. The Labute approximate surface area is 203 Å². The number of carbonyl (C=O) groups is 2. The summed E-state index contributed by atoms with van der Waals surface area (Å²) in [7, 11) is 0. The van der Waals surface area contributed by atoms with E-state index >= 15 is 0 Å². The Balaban J connectivity index is 1.33. The van der Waals surface area contributed by atoms with Crippen LogP contribution in [-0.2, 0) is 22.4 Å². The number of amides is 2. The summed E-state index contributed by atoms with van der Waals surface area (Å²) >= 11 is 1.05. The molecule has 1 saturated heterocycles. The van der Waals surface area contributed by atoms with Crippen LogP contribution in [0.1, 0.15) is 17.5 Å². The van der Waals surface area contributed by atoms with Gasteiger partial charge in [-0.25, -0.2) is 4.99 Å². The molecule has 10 heteroatoms. The molecule has 1 aliphatic heterocycles. The lowest BCUT2D eigenvalue weighted by Gasteiger charge is -2.14. The van der Waals surface area contributed by atoms with Crippen LogP contribution in [0.15, 0.2) is 83.9 Å². The molecule has 1 fully saturated rings. The summed E-state index contributed by atoms with van der Waals surface area (Å²) in [5, 5.41) is 4.36. The molecule has 2 N–H and O–H groups in total. The topological polar surface area (TPSA) is 79.8 Å². The number of amidine groups is 1. The number of carbonyl (C=O) groups excluding carboxylic acids is 2. The predicted octanol–water partition coefficient (Wildman–Crippen LogP) is 5.53. The zero-order chi connectivity index (χ0) is 24.8. The van der Waals surface area contributed by atoms with Gasteiger partial charge in [0.15, 0.2) is 5.17 Å². The van der Waals surface area contributed by atoms with Crippen molar-refractivity contribution >= 4 is 40.1 Å². The number of nitrogens with one attached hydrogen (secondary N) is 2. The first-order valence-corrected chi connectivity index (χ1v) is 11.4. The van der Waals surface area contributed by atoms with E-state index in [1.165, 1.54) is 18.2 Å². The van der Waals surface area contributed by atoms with Gasteiger partial charge in [0.05, 0.1) is 16.9 Å². The van der Waals surface area contributed by atoms with Gasteiger partial charge in [0.2, 0.25) is 11.8 Å². The first kappa shape index (κ1) is 24.3. The number of aliphatic imine (C=N–C) groups is 1. The van der Waals surface area contributed by atoms with Gasteiger partial charge in [-0.15, -0.1) is 0 Å². The number of halogens is 3. The summed E-state index contributed by atoms with van der Waals surface area (Å²) in [5.74, 6) is -0.471. The molecule has 3 aromatic carbocycles. The van der Waals surface area contributed by atoms with E-state index in [0.717, 1.165) is 23.4 Å². The highest BCUT2D eigenvalue weighted by Crippen LogP contribution is 2.35. The number of hydrogen-bond acceptors (Lipinski definition) is 5. The van der Waals surface area contributed by atoms with Crippen LogP contribution in [0.2, 0.25) is 0 Å². The van der Waals surface area contributed by atoms with Gasteiger partial charge in [0.25, 0.3) is 0 Å². The van der Waals surface area contributed by atoms with Crippen LogP contribution in [-0.4, -0.2) is 22.2 Å². The van der Waals surface area contributed by atoms with Crippen LogP contribution in [0.3, 0.4) is 0 Å². The molecule has 1 unspecified atom stereocenters. The lowest BCUT2D eigenvalue weighted by Crippen LogP contribution is -2.28. The standard InChI is InChI=1S/C25H20F3N3O3S/c26-25(27,28)19-8-4-5-9-20(19)30-22(32)14-21-23(33)31-24(35-21)29-17-10-12-18(13-11-17)34-15-16-6-2-1-3-7-16/h1-13,21H,14-15H2,(H,30,32)(H,29,31,33). The van der Waals surface area contributed by atoms with E-state index in [-0.39, 0.29) is 12.1 Å². The summed E-state index contributed by atoms with van der Waals surface area (Å²) in [6.45, 7) is 0.428. The summed E-state index contributed by atoms with van der Waals surface area (Å²) in [6.07, 6.45) is -4.90. The monoisotopic (exact) mass is 499 g/mol. The molecular weight excluding hydrogens is 479 g/mol. The molecule has 0 aliphatic carbocycles. The Morgan fingerprint density at radius 3 is 2.40 bits per heavy atom. The second-order valence-electron chi connectivity index (χ2n) is 7.58. The van der Waals surface area contributed by atoms with Crippen LogP contribution < -0.4 is 15.4 Å². The van der Waals surface area contributed by atoms with Crippen molar-refractivity contribution in [3.8, 4) is 5.75 Å². The maximum Gasteiger partial charge on any atom is 0.418 e. The SMILES string of the molecule is O=C(CC1SC(=Nc2ccc(OCc3ccccc3)cc2)NC1=O)Nc1ccccc1C(F)(F)F. The second kappa shape index (κ2) is 10.6. The fraction of sp³-hybridized carbons (Fsp3) is 0.160. The number of ether oxygens (including phenoxy) is 1. The molecule has 1 atom stereocenters. The van der Waals surface area contributed by atoms with E-state index in [0.29, 0.717) is 23.2 Å². The molecule has 0 radical (unpaired) electrons. The van der Waals surface area contributed by atoms with Gasteiger partial charge in [0.1, 0.15) is 17.6 Å². The van der Waals surface area contributed by atoms with Crippen molar-refractivity contribution in [2.45, 2.75) is 24.5 Å². The van der Waals surface area contributed by atoms with E-state index in [1.54, 1.807) is 24.3 Å². The van der Waals surface area contributed by atoms with Crippen molar-refractivity contribution in [1.82, 2.24) is 5.32 Å². The highest BCUT2D eigenvalue weighted by atomic mass is 32.2. The average molecular weight is 500 g/mol. The molecule has 1 heterocycles. The number of alkyl halides is 3. The quantitative estimate of drug-likeness (QED) is 0.448. The molecule has 0 spiro atoms. The lowest BCUT2D eigenvalue weighted by atomic mass is 10.1. The van der Waals surface area contributed by atoms with Gasteiger partial charge in [0, 0.05) is 6.42 Å². The average Bonchev–Trinajstić information content (AvgIpc) is 3.17. The number of rotatable bonds is 7. The van der Waals surface area contributed by atoms with Crippen LogP contribution in [0.5, 0.6) is 5.75 Å². The van der Waals surface area contributed by atoms with Crippen molar-refractivity contribution in [1.29, 1.82) is 0 Å². The van der Waals surface area contributed by atoms with Crippen LogP contribution >= 0.6 is 11.8 Å². The third kappa shape index (κ3) is 6.63. The fourth-order valence-electron chi connectivity index (χ4n) is 3.28. The molecule has 1 aliphatic rings. The van der Waals surface area contributed by atoms with Gasteiger partial charge in [-0.2, -0.15) is 13.2 Å². The molecule has 3 aromatic rings. The Morgan fingerprint density at radius 1 is 1.00 bits per heavy atom. The van der Waals surface area contributed by atoms with Crippen molar-refractivity contribution < 1.29 is 27.5 Å². The number of thioether (sulfide) groups is 1. The Kier molecular flexibility index (Phi) is 7.40. The van der Waals surface area contributed by atoms with E-state index in [2.05, 4.69) is 15.6 Å². The van der Waals surface area contributed by atoms with E-state index in [9.17, 15) is 22.8 Å². The summed E-state index contributed by atoms with van der Waals surface area (Å²) in [4.78, 5) is 29.0. The fourth-order valence-corrected chi connectivity index (χ4v) is 4.26. The molecule has 180 valence electrons. The smallest absolute Gasteiger partial charge is 0.418 e. The molecular formula is C25H20F3N3O3S. The van der Waals surface area contributed by atoms with Crippen LogP contribution in [0.4, 0.5) is 24.5 Å². The molecule has 4 rings (SSSR count). The Morgan fingerprint density at radius 2 is 1.69 bits per heavy atom.